The van der Waals surface area contributed by atoms with Crippen molar-refractivity contribution in [2.24, 2.45) is 11.8 Å². The minimum atomic E-state index is 0. The molecule has 1 fully saturated rings. The van der Waals surface area contributed by atoms with Crippen molar-refractivity contribution in [3.05, 3.63) is 0 Å². The second-order valence-corrected chi connectivity index (χ2v) is 7.50. The van der Waals surface area contributed by atoms with E-state index in [9.17, 15) is 4.79 Å². The van der Waals surface area contributed by atoms with E-state index in [-0.39, 0.29) is 12.4 Å². The SMILES string of the molecule is CCSCCC(C)N(C)C(=O)CC(C)C1CCNCC1.Cl. The Labute approximate surface area is 141 Å². The molecular formula is C16H33ClN2OS. The largest absolute Gasteiger partial charge is 0.343 e. The van der Waals surface area contributed by atoms with Gasteiger partial charge >= 0.3 is 0 Å². The topological polar surface area (TPSA) is 32.3 Å². The molecule has 5 heteroatoms. The molecule has 0 spiro atoms. The van der Waals surface area contributed by atoms with E-state index in [0.717, 1.165) is 36.9 Å². The molecule has 0 aromatic carbocycles. The van der Waals surface area contributed by atoms with E-state index in [1.54, 1.807) is 0 Å². The predicted molar refractivity (Wildman–Crippen MR) is 96.5 cm³/mol. The Morgan fingerprint density at radius 1 is 1.33 bits per heavy atom. The van der Waals surface area contributed by atoms with Crippen molar-refractivity contribution in [2.75, 3.05) is 31.6 Å². The maximum Gasteiger partial charge on any atom is 0.222 e. The summed E-state index contributed by atoms with van der Waals surface area (Å²) in [5.41, 5.74) is 0. The highest BCUT2D eigenvalue weighted by Gasteiger charge is 2.24. The first-order chi connectivity index (χ1) is 9.56. The predicted octanol–water partition coefficient (Wildman–Crippen LogP) is 3.42. The van der Waals surface area contributed by atoms with Crippen LogP contribution in [-0.2, 0) is 4.79 Å². The van der Waals surface area contributed by atoms with Crippen LogP contribution in [0.4, 0.5) is 0 Å². The lowest BCUT2D eigenvalue weighted by Gasteiger charge is -2.31. The number of carbonyl (C=O) groups excluding carboxylic acids is 1. The number of hydrogen-bond acceptors (Lipinski definition) is 3. The highest BCUT2D eigenvalue weighted by atomic mass is 35.5. The van der Waals surface area contributed by atoms with Gasteiger partial charge < -0.3 is 10.2 Å². The van der Waals surface area contributed by atoms with Crippen LogP contribution in [0.2, 0.25) is 0 Å². The summed E-state index contributed by atoms with van der Waals surface area (Å²) >= 11 is 1.96. The van der Waals surface area contributed by atoms with E-state index in [4.69, 9.17) is 0 Å². The molecule has 0 aromatic rings. The fraction of sp³-hybridized carbons (Fsp3) is 0.938. The average Bonchev–Trinajstić information content (AvgIpc) is 2.47. The lowest BCUT2D eigenvalue weighted by molar-refractivity contribution is -0.133. The molecule has 21 heavy (non-hydrogen) atoms. The van der Waals surface area contributed by atoms with Gasteiger partial charge in [0.05, 0.1) is 0 Å². The maximum absolute atomic E-state index is 12.4. The molecule has 1 N–H and O–H groups in total. The molecule has 2 atom stereocenters. The molecule has 1 amide bonds. The van der Waals surface area contributed by atoms with Crippen LogP contribution in [0.3, 0.4) is 0 Å². The number of rotatable bonds is 8. The Morgan fingerprint density at radius 2 is 1.95 bits per heavy atom. The number of carbonyl (C=O) groups is 1. The molecule has 0 aromatic heterocycles. The fourth-order valence-corrected chi connectivity index (χ4v) is 3.63. The van der Waals surface area contributed by atoms with Gasteiger partial charge in [-0.3, -0.25) is 4.79 Å². The number of amides is 1. The Morgan fingerprint density at radius 3 is 2.52 bits per heavy atom. The molecule has 1 rings (SSSR count). The van der Waals surface area contributed by atoms with Crippen molar-refractivity contribution < 1.29 is 4.79 Å². The Balaban J connectivity index is 0.00000400. The first kappa shape index (κ1) is 21.1. The first-order valence-electron chi connectivity index (χ1n) is 8.10. The summed E-state index contributed by atoms with van der Waals surface area (Å²) < 4.78 is 0. The highest BCUT2D eigenvalue weighted by molar-refractivity contribution is 7.99. The molecule has 1 heterocycles. The third kappa shape index (κ3) is 7.75. The smallest absolute Gasteiger partial charge is 0.222 e. The average molecular weight is 337 g/mol. The first-order valence-corrected chi connectivity index (χ1v) is 9.25. The van der Waals surface area contributed by atoms with Gasteiger partial charge in [0.2, 0.25) is 5.91 Å². The number of halogens is 1. The molecule has 0 aliphatic carbocycles. The lowest BCUT2D eigenvalue weighted by Crippen LogP contribution is -2.38. The second kappa shape index (κ2) is 11.6. The molecule has 3 nitrogen and oxygen atoms in total. The van der Waals surface area contributed by atoms with Crippen molar-refractivity contribution in [1.82, 2.24) is 10.2 Å². The number of thioether (sulfide) groups is 1. The van der Waals surface area contributed by atoms with E-state index in [1.165, 1.54) is 12.8 Å². The highest BCUT2D eigenvalue weighted by Crippen LogP contribution is 2.25. The summed E-state index contributed by atoms with van der Waals surface area (Å²) in [6.45, 7) is 8.83. The standard InChI is InChI=1S/C16H32N2OS.ClH/c1-5-20-11-8-14(3)18(4)16(19)12-13(2)15-6-9-17-10-7-15;/h13-15,17H,5-12H2,1-4H3;1H. The molecule has 1 aliphatic heterocycles. The van der Waals surface area contributed by atoms with Gasteiger partial charge in [-0.25, -0.2) is 0 Å². The van der Waals surface area contributed by atoms with Crippen molar-refractivity contribution in [1.29, 1.82) is 0 Å². The molecule has 1 saturated heterocycles. The number of piperidine rings is 1. The second-order valence-electron chi connectivity index (χ2n) is 6.11. The van der Waals surface area contributed by atoms with E-state index in [0.29, 0.717) is 24.3 Å². The summed E-state index contributed by atoms with van der Waals surface area (Å²) in [6, 6.07) is 0.363. The molecule has 2 unspecified atom stereocenters. The van der Waals surface area contributed by atoms with Crippen LogP contribution in [0.25, 0.3) is 0 Å². The van der Waals surface area contributed by atoms with E-state index in [2.05, 4.69) is 26.1 Å². The van der Waals surface area contributed by atoms with Crippen LogP contribution in [-0.4, -0.2) is 48.5 Å². The van der Waals surface area contributed by atoms with Crippen molar-refractivity contribution in [2.45, 2.75) is 52.5 Å². The van der Waals surface area contributed by atoms with Gasteiger partial charge in [0.1, 0.15) is 0 Å². The van der Waals surface area contributed by atoms with Crippen LogP contribution >= 0.6 is 24.2 Å². The number of nitrogens with zero attached hydrogens (tertiary/aromatic N) is 1. The Hall–Kier alpha value is 0.0700. The van der Waals surface area contributed by atoms with Gasteiger partial charge in [-0.1, -0.05) is 13.8 Å². The number of hydrogen-bond donors (Lipinski definition) is 1. The van der Waals surface area contributed by atoms with Crippen LogP contribution in [0.15, 0.2) is 0 Å². The van der Waals surface area contributed by atoms with Gasteiger partial charge in [0.25, 0.3) is 0 Å². The Kier molecular flexibility index (Phi) is 11.7. The normalized spacial score (nSPS) is 18.7. The maximum atomic E-state index is 12.4. The summed E-state index contributed by atoms with van der Waals surface area (Å²) in [5.74, 6) is 3.88. The molecule has 126 valence electrons. The molecule has 0 radical (unpaired) electrons. The summed E-state index contributed by atoms with van der Waals surface area (Å²) in [7, 11) is 1.97. The van der Waals surface area contributed by atoms with Crippen molar-refractivity contribution in [3.63, 3.8) is 0 Å². The number of nitrogens with one attached hydrogen (secondary N) is 1. The zero-order valence-electron chi connectivity index (χ0n) is 14.1. The fourth-order valence-electron chi connectivity index (χ4n) is 2.84. The lowest BCUT2D eigenvalue weighted by atomic mass is 9.84. The van der Waals surface area contributed by atoms with Crippen LogP contribution in [0.5, 0.6) is 0 Å². The summed E-state index contributed by atoms with van der Waals surface area (Å²) in [4.78, 5) is 14.3. The van der Waals surface area contributed by atoms with Gasteiger partial charge in [-0.05, 0) is 62.6 Å². The molecule has 0 saturated carbocycles. The minimum Gasteiger partial charge on any atom is -0.343 e. The van der Waals surface area contributed by atoms with Gasteiger partial charge in [-0.2, -0.15) is 11.8 Å². The minimum absolute atomic E-state index is 0. The molecule has 1 aliphatic rings. The Bertz CT molecular complexity index is 285. The monoisotopic (exact) mass is 336 g/mol. The van der Waals surface area contributed by atoms with Crippen LogP contribution in [0, 0.1) is 11.8 Å². The van der Waals surface area contributed by atoms with E-state index < -0.39 is 0 Å². The van der Waals surface area contributed by atoms with Crippen molar-refractivity contribution >= 4 is 30.1 Å². The van der Waals surface area contributed by atoms with Gasteiger partial charge in [-0.15, -0.1) is 12.4 Å². The third-order valence-electron chi connectivity index (χ3n) is 4.62. The van der Waals surface area contributed by atoms with E-state index >= 15 is 0 Å². The van der Waals surface area contributed by atoms with Crippen LogP contribution in [0.1, 0.15) is 46.5 Å². The van der Waals surface area contributed by atoms with Gasteiger partial charge in [0, 0.05) is 19.5 Å². The quantitative estimate of drug-likeness (QED) is 0.689. The van der Waals surface area contributed by atoms with Crippen molar-refractivity contribution in [3.8, 4) is 0 Å². The third-order valence-corrected chi connectivity index (χ3v) is 5.56. The van der Waals surface area contributed by atoms with Gasteiger partial charge in [0.15, 0.2) is 0 Å². The van der Waals surface area contributed by atoms with Crippen LogP contribution < -0.4 is 5.32 Å². The summed E-state index contributed by atoms with van der Waals surface area (Å²) in [6.07, 6.45) is 4.26. The summed E-state index contributed by atoms with van der Waals surface area (Å²) in [5, 5.41) is 3.39. The van der Waals surface area contributed by atoms with E-state index in [1.807, 2.05) is 23.7 Å². The zero-order valence-corrected chi connectivity index (χ0v) is 15.7. The molecular weight excluding hydrogens is 304 g/mol. The zero-order chi connectivity index (χ0) is 15.0. The molecule has 0 bridgehead atoms.